The maximum atomic E-state index is 5.51. The van der Waals surface area contributed by atoms with Gasteiger partial charge in [0.05, 0.1) is 6.61 Å². The molecular weight excluding hydrogens is 242 g/mol. The predicted octanol–water partition coefficient (Wildman–Crippen LogP) is 4.53. The average molecular weight is 273 g/mol. The molecule has 0 aromatic carbocycles. The van der Waals surface area contributed by atoms with Crippen molar-refractivity contribution in [2.24, 2.45) is 11.8 Å². The van der Waals surface area contributed by atoms with Crippen LogP contribution in [-0.2, 0) is 4.74 Å². The van der Waals surface area contributed by atoms with Gasteiger partial charge >= 0.3 is 0 Å². The fourth-order valence-electron chi connectivity index (χ4n) is 1.79. The highest BCUT2D eigenvalue weighted by Gasteiger charge is 2.04. The third-order valence-corrected chi connectivity index (χ3v) is 3.38. The Kier molecular flexibility index (Phi) is 11.6. The van der Waals surface area contributed by atoms with Gasteiger partial charge in [-0.05, 0) is 36.9 Å². The fourth-order valence-corrected chi connectivity index (χ4v) is 1.98. The molecule has 0 aliphatic carbocycles. The van der Waals surface area contributed by atoms with Crippen molar-refractivity contribution in [2.45, 2.75) is 66.2 Å². The Morgan fingerprint density at radius 2 is 1.83 bits per heavy atom. The van der Waals surface area contributed by atoms with E-state index in [0.29, 0.717) is 5.17 Å². The molecule has 3 heteroatoms. The maximum absolute atomic E-state index is 5.51. The Balaban J connectivity index is 3.38. The zero-order chi connectivity index (χ0) is 13.8. The summed E-state index contributed by atoms with van der Waals surface area (Å²) >= 11 is 5.11. The van der Waals surface area contributed by atoms with Crippen LogP contribution in [0.2, 0.25) is 0 Å². The lowest BCUT2D eigenvalue weighted by molar-refractivity contribution is 0.260. The molecule has 108 valence electrons. The minimum absolute atomic E-state index is 0.567. The highest BCUT2D eigenvalue weighted by molar-refractivity contribution is 7.80. The van der Waals surface area contributed by atoms with Crippen molar-refractivity contribution in [3.05, 3.63) is 0 Å². The third kappa shape index (κ3) is 12.2. The van der Waals surface area contributed by atoms with Crippen molar-refractivity contribution in [3.63, 3.8) is 0 Å². The summed E-state index contributed by atoms with van der Waals surface area (Å²) in [5.41, 5.74) is 0. The number of hydrogen-bond acceptors (Lipinski definition) is 2. The zero-order valence-corrected chi connectivity index (χ0v) is 13.4. The zero-order valence-electron chi connectivity index (χ0n) is 12.6. The SMILES string of the molecule is CCCCNC(=S)OCCC(C)CCCC(C)C. The van der Waals surface area contributed by atoms with Crippen LogP contribution >= 0.6 is 12.2 Å². The van der Waals surface area contributed by atoms with Gasteiger partial charge in [0.15, 0.2) is 0 Å². The molecule has 0 rings (SSSR count). The van der Waals surface area contributed by atoms with E-state index in [4.69, 9.17) is 17.0 Å². The number of hydrogen-bond donors (Lipinski definition) is 1. The smallest absolute Gasteiger partial charge is 0.256 e. The number of ether oxygens (including phenoxy) is 1. The van der Waals surface area contributed by atoms with Crippen LogP contribution in [0, 0.1) is 11.8 Å². The molecule has 0 aromatic heterocycles. The summed E-state index contributed by atoms with van der Waals surface area (Å²) in [5, 5.41) is 3.69. The van der Waals surface area contributed by atoms with Crippen LogP contribution in [0.25, 0.3) is 0 Å². The standard InChI is InChI=1S/C15H31NOS/c1-5-6-11-16-15(18)17-12-10-14(4)9-7-8-13(2)3/h13-14H,5-12H2,1-4H3,(H,16,18). The van der Waals surface area contributed by atoms with Gasteiger partial charge in [0.25, 0.3) is 5.17 Å². The van der Waals surface area contributed by atoms with Crippen molar-refractivity contribution in [2.75, 3.05) is 13.2 Å². The maximum Gasteiger partial charge on any atom is 0.256 e. The molecule has 0 aliphatic heterocycles. The molecule has 0 spiro atoms. The van der Waals surface area contributed by atoms with E-state index in [-0.39, 0.29) is 0 Å². The Morgan fingerprint density at radius 1 is 1.11 bits per heavy atom. The van der Waals surface area contributed by atoms with Gasteiger partial charge in [-0.25, -0.2) is 0 Å². The van der Waals surface area contributed by atoms with Gasteiger partial charge in [0.1, 0.15) is 0 Å². The molecule has 1 unspecified atom stereocenters. The Bertz CT molecular complexity index is 207. The first-order chi connectivity index (χ1) is 8.56. The first-order valence-corrected chi connectivity index (χ1v) is 7.87. The normalized spacial score (nSPS) is 12.5. The summed E-state index contributed by atoms with van der Waals surface area (Å²) < 4.78 is 5.51. The van der Waals surface area contributed by atoms with Crippen molar-refractivity contribution < 1.29 is 4.74 Å². The highest BCUT2D eigenvalue weighted by atomic mass is 32.1. The van der Waals surface area contributed by atoms with Gasteiger partial charge in [-0.3, -0.25) is 0 Å². The summed E-state index contributed by atoms with van der Waals surface area (Å²) in [6, 6.07) is 0. The molecule has 0 amide bonds. The minimum Gasteiger partial charge on any atom is -0.471 e. The van der Waals surface area contributed by atoms with E-state index in [1.165, 1.54) is 25.7 Å². The molecule has 0 saturated heterocycles. The quantitative estimate of drug-likeness (QED) is 0.467. The van der Waals surface area contributed by atoms with Crippen LogP contribution in [0.4, 0.5) is 0 Å². The van der Waals surface area contributed by atoms with Crippen LogP contribution in [0.15, 0.2) is 0 Å². The Hall–Kier alpha value is -0.310. The first-order valence-electron chi connectivity index (χ1n) is 7.46. The number of thiocarbonyl (C=S) groups is 1. The van der Waals surface area contributed by atoms with E-state index in [1.807, 2.05) is 0 Å². The second-order valence-corrected chi connectivity index (χ2v) is 6.01. The lowest BCUT2D eigenvalue weighted by atomic mass is 9.98. The summed E-state index contributed by atoms with van der Waals surface area (Å²) in [5.74, 6) is 1.56. The summed E-state index contributed by atoms with van der Waals surface area (Å²) in [6.07, 6.45) is 7.41. The number of nitrogens with one attached hydrogen (secondary N) is 1. The van der Waals surface area contributed by atoms with Crippen molar-refractivity contribution >= 4 is 17.4 Å². The average Bonchev–Trinajstić information content (AvgIpc) is 2.29. The second kappa shape index (κ2) is 11.8. The Labute approximate surface area is 119 Å². The third-order valence-electron chi connectivity index (χ3n) is 3.12. The van der Waals surface area contributed by atoms with Crippen LogP contribution < -0.4 is 5.32 Å². The summed E-state index contributed by atoms with van der Waals surface area (Å²) in [7, 11) is 0. The van der Waals surface area contributed by atoms with E-state index < -0.39 is 0 Å². The van der Waals surface area contributed by atoms with E-state index >= 15 is 0 Å². The molecule has 18 heavy (non-hydrogen) atoms. The molecule has 0 heterocycles. The van der Waals surface area contributed by atoms with Gasteiger partial charge in [0.2, 0.25) is 0 Å². The lowest BCUT2D eigenvalue weighted by Gasteiger charge is -2.14. The van der Waals surface area contributed by atoms with Crippen LogP contribution in [0.5, 0.6) is 0 Å². The van der Waals surface area contributed by atoms with Crippen LogP contribution in [0.1, 0.15) is 66.2 Å². The minimum atomic E-state index is 0.567. The molecule has 0 saturated carbocycles. The number of rotatable bonds is 10. The predicted molar refractivity (Wildman–Crippen MR) is 83.9 cm³/mol. The topological polar surface area (TPSA) is 21.3 Å². The van der Waals surface area contributed by atoms with Crippen LogP contribution in [-0.4, -0.2) is 18.3 Å². The molecule has 0 radical (unpaired) electrons. The summed E-state index contributed by atoms with van der Waals surface area (Å²) in [6.45, 7) is 10.7. The van der Waals surface area contributed by atoms with Gasteiger partial charge in [-0.15, -0.1) is 0 Å². The first kappa shape index (κ1) is 17.7. The van der Waals surface area contributed by atoms with Gasteiger partial charge in [-0.1, -0.05) is 53.4 Å². The van der Waals surface area contributed by atoms with Crippen molar-refractivity contribution in [3.8, 4) is 0 Å². The number of unbranched alkanes of at least 4 members (excludes halogenated alkanes) is 1. The Morgan fingerprint density at radius 3 is 2.44 bits per heavy atom. The highest BCUT2D eigenvalue weighted by Crippen LogP contribution is 2.15. The van der Waals surface area contributed by atoms with Crippen molar-refractivity contribution in [1.29, 1.82) is 0 Å². The molecule has 0 aliphatic rings. The monoisotopic (exact) mass is 273 g/mol. The fraction of sp³-hybridized carbons (Fsp3) is 0.933. The summed E-state index contributed by atoms with van der Waals surface area (Å²) in [4.78, 5) is 0. The van der Waals surface area contributed by atoms with E-state index in [2.05, 4.69) is 33.0 Å². The molecule has 0 bridgehead atoms. The molecule has 0 aromatic rings. The lowest BCUT2D eigenvalue weighted by Crippen LogP contribution is -2.25. The molecular formula is C15H31NOS. The molecule has 1 atom stereocenters. The second-order valence-electron chi connectivity index (χ2n) is 5.63. The van der Waals surface area contributed by atoms with E-state index in [0.717, 1.165) is 37.8 Å². The van der Waals surface area contributed by atoms with Gasteiger partial charge < -0.3 is 10.1 Å². The molecule has 2 nitrogen and oxygen atoms in total. The van der Waals surface area contributed by atoms with E-state index in [9.17, 15) is 0 Å². The van der Waals surface area contributed by atoms with Gasteiger partial charge in [-0.2, -0.15) is 0 Å². The van der Waals surface area contributed by atoms with Crippen molar-refractivity contribution in [1.82, 2.24) is 5.32 Å². The molecule has 1 N–H and O–H groups in total. The molecule has 0 fully saturated rings. The largest absolute Gasteiger partial charge is 0.471 e. The van der Waals surface area contributed by atoms with Crippen LogP contribution in [0.3, 0.4) is 0 Å². The van der Waals surface area contributed by atoms with E-state index in [1.54, 1.807) is 0 Å². The van der Waals surface area contributed by atoms with Gasteiger partial charge in [0, 0.05) is 6.54 Å².